The van der Waals surface area contributed by atoms with Crippen molar-refractivity contribution in [2.75, 3.05) is 22.8 Å². The molecule has 1 aromatic rings. The summed E-state index contributed by atoms with van der Waals surface area (Å²) >= 11 is 5.93. The third kappa shape index (κ3) is 5.91. The molecular formula is C11H16ClN3O3S. The minimum absolute atomic E-state index is 0.162. The molecule has 8 heteroatoms. The first-order valence-electron chi connectivity index (χ1n) is 5.59. The lowest BCUT2D eigenvalue weighted by molar-refractivity contribution is -0.116. The molecule has 0 aliphatic heterocycles. The molecule has 0 spiro atoms. The monoisotopic (exact) mass is 305 g/mol. The van der Waals surface area contributed by atoms with Gasteiger partial charge in [-0.1, -0.05) is 11.6 Å². The zero-order valence-corrected chi connectivity index (χ0v) is 12.0. The van der Waals surface area contributed by atoms with Crippen molar-refractivity contribution in [2.24, 2.45) is 5.73 Å². The standard InChI is InChI=1S/C11H16ClN3O3S/c1-19(17,18)15-10-5-4-8(7-9(10)12)14-11(16)3-2-6-13/h4-5,7,15H,2-3,6,13H2,1H3,(H,14,16). The molecule has 0 aliphatic carbocycles. The Morgan fingerprint density at radius 1 is 1.42 bits per heavy atom. The molecule has 0 heterocycles. The van der Waals surface area contributed by atoms with Crippen molar-refractivity contribution in [3.05, 3.63) is 23.2 Å². The third-order valence-corrected chi connectivity index (χ3v) is 3.06. The number of hydrogen-bond donors (Lipinski definition) is 3. The fraction of sp³-hybridized carbons (Fsp3) is 0.364. The van der Waals surface area contributed by atoms with Gasteiger partial charge in [-0.15, -0.1) is 0 Å². The first-order chi connectivity index (χ1) is 8.81. The number of sulfonamides is 1. The van der Waals surface area contributed by atoms with Crippen molar-refractivity contribution < 1.29 is 13.2 Å². The lowest BCUT2D eigenvalue weighted by Crippen LogP contribution is -2.14. The molecule has 6 nitrogen and oxygen atoms in total. The average Bonchev–Trinajstić information content (AvgIpc) is 2.28. The average molecular weight is 306 g/mol. The molecule has 0 radical (unpaired) electrons. The van der Waals surface area contributed by atoms with E-state index in [1.54, 1.807) is 6.07 Å². The van der Waals surface area contributed by atoms with Gasteiger partial charge in [-0.2, -0.15) is 0 Å². The Morgan fingerprint density at radius 3 is 2.63 bits per heavy atom. The van der Waals surface area contributed by atoms with E-state index in [9.17, 15) is 13.2 Å². The van der Waals surface area contributed by atoms with E-state index < -0.39 is 10.0 Å². The van der Waals surface area contributed by atoms with Crippen molar-refractivity contribution in [2.45, 2.75) is 12.8 Å². The molecule has 0 atom stereocenters. The second-order valence-electron chi connectivity index (χ2n) is 4.01. The molecule has 1 aromatic carbocycles. The maximum atomic E-state index is 11.5. The fourth-order valence-corrected chi connectivity index (χ4v) is 2.22. The second-order valence-corrected chi connectivity index (χ2v) is 6.16. The molecular weight excluding hydrogens is 290 g/mol. The largest absolute Gasteiger partial charge is 0.330 e. The Balaban J connectivity index is 2.74. The number of amides is 1. The Bertz CT molecular complexity index is 560. The number of anilines is 2. The van der Waals surface area contributed by atoms with Crippen LogP contribution in [0.2, 0.25) is 5.02 Å². The van der Waals surface area contributed by atoms with E-state index >= 15 is 0 Å². The number of hydrogen-bond acceptors (Lipinski definition) is 4. The molecule has 0 aromatic heterocycles. The van der Waals surface area contributed by atoms with E-state index in [1.165, 1.54) is 12.1 Å². The zero-order chi connectivity index (χ0) is 14.5. The van der Waals surface area contributed by atoms with Crippen LogP contribution >= 0.6 is 11.6 Å². The summed E-state index contributed by atoms with van der Waals surface area (Å²) in [4.78, 5) is 11.5. The minimum atomic E-state index is -3.38. The molecule has 19 heavy (non-hydrogen) atoms. The van der Waals surface area contributed by atoms with Gasteiger partial charge >= 0.3 is 0 Å². The minimum Gasteiger partial charge on any atom is -0.330 e. The van der Waals surface area contributed by atoms with Crippen LogP contribution in [0.5, 0.6) is 0 Å². The predicted octanol–water partition coefficient (Wildman–Crippen LogP) is 1.39. The molecule has 0 aliphatic rings. The SMILES string of the molecule is CS(=O)(=O)Nc1ccc(NC(=O)CCCN)cc1Cl. The summed E-state index contributed by atoms with van der Waals surface area (Å²) in [7, 11) is -3.38. The van der Waals surface area contributed by atoms with Gasteiger partial charge in [-0.25, -0.2) is 8.42 Å². The first-order valence-corrected chi connectivity index (χ1v) is 7.86. The highest BCUT2D eigenvalue weighted by Gasteiger charge is 2.08. The van der Waals surface area contributed by atoms with Gasteiger partial charge in [0.1, 0.15) is 0 Å². The van der Waals surface area contributed by atoms with Crippen LogP contribution < -0.4 is 15.8 Å². The number of benzene rings is 1. The Hall–Kier alpha value is -1.31. The zero-order valence-electron chi connectivity index (χ0n) is 10.4. The van der Waals surface area contributed by atoms with E-state index in [0.717, 1.165) is 6.26 Å². The van der Waals surface area contributed by atoms with E-state index in [0.29, 0.717) is 25.1 Å². The first kappa shape index (κ1) is 15.7. The highest BCUT2D eigenvalue weighted by Crippen LogP contribution is 2.26. The van der Waals surface area contributed by atoms with E-state index in [4.69, 9.17) is 17.3 Å². The lowest BCUT2D eigenvalue weighted by Gasteiger charge is -2.09. The van der Waals surface area contributed by atoms with Crippen molar-refractivity contribution in [3.63, 3.8) is 0 Å². The highest BCUT2D eigenvalue weighted by atomic mass is 35.5. The van der Waals surface area contributed by atoms with Crippen LogP contribution in [0.25, 0.3) is 0 Å². The highest BCUT2D eigenvalue weighted by molar-refractivity contribution is 7.92. The molecule has 4 N–H and O–H groups in total. The van der Waals surface area contributed by atoms with Crippen LogP contribution in [0.15, 0.2) is 18.2 Å². The van der Waals surface area contributed by atoms with Crippen LogP contribution in [-0.2, 0) is 14.8 Å². The van der Waals surface area contributed by atoms with Crippen LogP contribution in [0, 0.1) is 0 Å². The number of nitrogens with one attached hydrogen (secondary N) is 2. The van der Waals surface area contributed by atoms with Gasteiger partial charge < -0.3 is 11.1 Å². The molecule has 0 unspecified atom stereocenters. The summed E-state index contributed by atoms with van der Waals surface area (Å²) in [6.07, 6.45) is 1.97. The smallest absolute Gasteiger partial charge is 0.229 e. The van der Waals surface area contributed by atoms with Gasteiger partial charge in [0.15, 0.2) is 0 Å². The summed E-state index contributed by atoms with van der Waals surface area (Å²) in [5.41, 5.74) is 6.08. The molecule has 0 saturated carbocycles. The normalized spacial score (nSPS) is 11.1. The summed E-state index contributed by atoms with van der Waals surface area (Å²) in [5, 5.41) is 2.86. The molecule has 0 bridgehead atoms. The molecule has 1 rings (SSSR count). The fourth-order valence-electron chi connectivity index (χ4n) is 1.36. The topological polar surface area (TPSA) is 101 Å². The van der Waals surface area contributed by atoms with Gasteiger partial charge in [0.2, 0.25) is 15.9 Å². The Kier molecular flexibility index (Phi) is 5.59. The number of rotatable bonds is 6. The molecule has 0 saturated heterocycles. The molecule has 106 valence electrons. The van der Waals surface area contributed by atoms with Crippen LogP contribution in [0.3, 0.4) is 0 Å². The molecule has 0 fully saturated rings. The Morgan fingerprint density at radius 2 is 2.11 bits per heavy atom. The van der Waals surface area contributed by atoms with E-state index in [2.05, 4.69) is 10.0 Å². The van der Waals surface area contributed by atoms with Gasteiger partial charge in [0, 0.05) is 12.1 Å². The van der Waals surface area contributed by atoms with E-state index in [1.807, 2.05) is 0 Å². The Labute approximate surface area is 117 Å². The van der Waals surface area contributed by atoms with E-state index in [-0.39, 0.29) is 16.6 Å². The van der Waals surface area contributed by atoms with Crippen LogP contribution in [0.1, 0.15) is 12.8 Å². The second kappa shape index (κ2) is 6.74. The van der Waals surface area contributed by atoms with Gasteiger partial charge in [0.25, 0.3) is 0 Å². The summed E-state index contributed by atoms with van der Waals surface area (Å²) in [6.45, 7) is 0.450. The van der Waals surface area contributed by atoms with Crippen LogP contribution in [-0.4, -0.2) is 27.1 Å². The maximum Gasteiger partial charge on any atom is 0.229 e. The number of carbonyl (C=O) groups is 1. The number of carbonyl (C=O) groups excluding carboxylic acids is 1. The maximum absolute atomic E-state index is 11.5. The van der Waals surface area contributed by atoms with Crippen molar-refractivity contribution in [3.8, 4) is 0 Å². The predicted molar refractivity (Wildman–Crippen MR) is 76.8 cm³/mol. The van der Waals surface area contributed by atoms with Crippen LogP contribution in [0.4, 0.5) is 11.4 Å². The summed E-state index contributed by atoms with van der Waals surface area (Å²) in [5.74, 6) is -0.162. The van der Waals surface area contributed by atoms with Crippen molar-refractivity contribution in [1.82, 2.24) is 0 Å². The van der Waals surface area contributed by atoms with Crippen molar-refractivity contribution >= 4 is 38.9 Å². The van der Waals surface area contributed by atoms with Gasteiger partial charge in [0.05, 0.1) is 17.0 Å². The molecule has 1 amide bonds. The van der Waals surface area contributed by atoms with Gasteiger partial charge in [-0.05, 0) is 31.2 Å². The summed E-state index contributed by atoms with van der Waals surface area (Å²) in [6, 6.07) is 4.54. The third-order valence-electron chi connectivity index (χ3n) is 2.16. The number of halogens is 1. The van der Waals surface area contributed by atoms with Gasteiger partial charge in [-0.3, -0.25) is 9.52 Å². The summed E-state index contributed by atoms with van der Waals surface area (Å²) < 4.78 is 24.4. The quantitative estimate of drug-likeness (QED) is 0.739. The lowest BCUT2D eigenvalue weighted by atomic mass is 10.2. The number of nitrogens with two attached hydrogens (primary N) is 1. The van der Waals surface area contributed by atoms with Crippen molar-refractivity contribution in [1.29, 1.82) is 0 Å².